The van der Waals surface area contributed by atoms with Crippen LogP contribution in [0.5, 0.6) is 11.5 Å². The Bertz CT molecular complexity index is 1200. The number of nitrogens with one attached hydrogen (secondary N) is 1. The quantitative estimate of drug-likeness (QED) is 0.372. The average molecular weight is 500 g/mol. The van der Waals surface area contributed by atoms with Gasteiger partial charge in [-0.2, -0.15) is 0 Å². The van der Waals surface area contributed by atoms with Crippen LogP contribution in [0.15, 0.2) is 16.9 Å². The van der Waals surface area contributed by atoms with Crippen LogP contribution in [0.2, 0.25) is 0 Å². The number of pyridine rings is 1. The van der Waals surface area contributed by atoms with Crippen molar-refractivity contribution in [2.75, 3.05) is 13.7 Å². The first kappa shape index (κ1) is 27.3. The van der Waals surface area contributed by atoms with Gasteiger partial charge >= 0.3 is 12.1 Å². The molecule has 1 aliphatic rings. The number of H-pyrrole nitrogens is 1. The van der Waals surface area contributed by atoms with Crippen LogP contribution in [0.3, 0.4) is 0 Å². The predicted octanol–water partition coefficient (Wildman–Crippen LogP) is 5.93. The van der Waals surface area contributed by atoms with Gasteiger partial charge in [-0.1, -0.05) is 27.2 Å². The summed E-state index contributed by atoms with van der Waals surface area (Å²) in [4.78, 5) is 41.4. The Morgan fingerprint density at radius 1 is 1.19 bits per heavy atom. The summed E-state index contributed by atoms with van der Waals surface area (Å²) in [5.74, 6) is -0.245. The summed E-state index contributed by atoms with van der Waals surface area (Å²) in [7, 11) is 1.18. The molecular weight excluding hydrogens is 462 g/mol. The van der Waals surface area contributed by atoms with E-state index < -0.39 is 23.3 Å². The van der Waals surface area contributed by atoms with Crippen LogP contribution in [0.4, 0.5) is 4.79 Å². The third kappa shape index (κ3) is 5.74. The van der Waals surface area contributed by atoms with E-state index in [0.717, 1.165) is 35.3 Å². The van der Waals surface area contributed by atoms with Crippen LogP contribution >= 0.6 is 0 Å². The van der Waals surface area contributed by atoms with Crippen molar-refractivity contribution in [2.24, 2.45) is 5.92 Å². The highest BCUT2D eigenvalue weighted by Gasteiger charge is 2.37. The Morgan fingerprint density at radius 3 is 2.47 bits per heavy atom. The predicted molar refractivity (Wildman–Crippen MR) is 137 cm³/mol. The highest BCUT2D eigenvalue weighted by Crippen LogP contribution is 2.48. The second kappa shape index (κ2) is 10.8. The van der Waals surface area contributed by atoms with Gasteiger partial charge in [-0.15, -0.1) is 0 Å². The highest BCUT2D eigenvalue weighted by atomic mass is 16.7. The SMILES string of the molecule is CCCCOc1cc2c(cc1C)-c1[nH]c(=O)c(C(=O)OC)c(OC(=O)OC(C)(C)C)c1C(C(C)C)C2. The van der Waals surface area contributed by atoms with Gasteiger partial charge in [-0.3, -0.25) is 4.79 Å². The Kier molecular flexibility index (Phi) is 8.16. The van der Waals surface area contributed by atoms with Crippen molar-refractivity contribution in [3.05, 3.63) is 44.7 Å². The van der Waals surface area contributed by atoms with Crippen molar-refractivity contribution >= 4 is 12.1 Å². The second-order valence-corrected chi connectivity index (χ2v) is 10.5. The molecule has 1 unspecified atom stereocenters. The molecule has 3 rings (SSSR count). The van der Waals surface area contributed by atoms with E-state index in [1.165, 1.54) is 7.11 Å². The van der Waals surface area contributed by atoms with E-state index in [9.17, 15) is 14.4 Å². The molecule has 8 heteroatoms. The molecule has 1 N–H and O–H groups in total. The van der Waals surface area contributed by atoms with Gasteiger partial charge in [0.2, 0.25) is 0 Å². The molecule has 0 amide bonds. The number of methoxy groups -OCH3 is 1. The minimum Gasteiger partial charge on any atom is -0.493 e. The number of carbonyl (C=O) groups is 2. The molecule has 0 spiro atoms. The molecule has 0 saturated carbocycles. The zero-order valence-electron chi connectivity index (χ0n) is 22.5. The molecule has 0 radical (unpaired) electrons. The van der Waals surface area contributed by atoms with Crippen LogP contribution in [0.1, 0.15) is 87.4 Å². The van der Waals surface area contributed by atoms with Gasteiger partial charge in [0.1, 0.15) is 11.4 Å². The molecule has 1 aliphatic carbocycles. The van der Waals surface area contributed by atoms with E-state index in [4.69, 9.17) is 18.9 Å². The lowest BCUT2D eigenvalue weighted by Gasteiger charge is -2.32. The first-order chi connectivity index (χ1) is 16.9. The molecule has 0 fully saturated rings. The maximum absolute atomic E-state index is 13.2. The zero-order valence-corrected chi connectivity index (χ0v) is 22.5. The molecule has 2 aromatic rings. The van der Waals surface area contributed by atoms with Gasteiger partial charge < -0.3 is 23.9 Å². The first-order valence-corrected chi connectivity index (χ1v) is 12.4. The first-order valence-electron chi connectivity index (χ1n) is 12.4. The topological polar surface area (TPSA) is 104 Å². The maximum Gasteiger partial charge on any atom is 0.514 e. The number of ether oxygens (including phenoxy) is 4. The second-order valence-electron chi connectivity index (χ2n) is 10.5. The van der Waals surface area contributed by atoms with Crippen LogP contribution in [-0.2, 0) is 15.9 Å². The number of fused-ring (bicyclic) bond motifs is 3. The monoisotopic (exact) mass is 499 g/mol. The Hall–Kier alpha value is -3.29. The van der Waals surface area contributed by atoms with Gasteiger partial charge in [0, 0.05) is 11.1 Å². The lowest BCUT2D eigenvalue weighted by atomic mass is 9.74. The summed E-state index contributed by atoms with van der Waals surface area (Å²) < 4.78 is 21.9. The number of carbonyl (C=O) groups excluding carboxylic acids is 2. The van der Waals surface area contributed by atoms with E-state index in [-0.39, 0.29) is 23.1 Å². The number of aryl methyl sites for hydroxylation is 1. The number of aromatic amines is 1. The number of esters is 1. The number of hydrogen-bond acceptors (Lipinski definition) is 7. The summed E-state index contributed by atoms with van der Waals surface area (Å²) >= 11 is 0. The van der Waals surface area contributed by atoms with E-state index in [1.807, 2.05) is 32.9 Å². The molecule has 8 nitrogen and oxygen atoms in total. The van der Waals surface area contributed by atoms with Gasteiger partial charge in [-0.25, -0.2) is 9.59 Å². The fourth-order valence-electron chi connectivity index (χ4n) is 4.43. The molecule has 0 aliphatic heterocycles. The Morgan fingerprint density at radius 2 is 1.89 bits per heavy atom. The van der Waals surface area contributed by atoms with Crippen LogP contribution in [-0.4, -0.2) is 36.4 Å². The van der Waals surface area contributed by atoms with Gasteiger partial charge in [0.05, 0.1) is 19.4 Å². The lowest BCUT2D eigenvalue weighted by molar-refractivity contribution is 0.0199. The summed E-state index contributed by atoms with van der Waals surface area (Å²) in [6, 6.07) is 4.00. The van der Waals surface area contributed by atoms with Crippen molar-refractivity contribution in [3.8, 4) is 22.8 Å². The van der Waals surface area contributed by atoms with Crippen molar-refractivity contribution < 1.29 is 28.5 Å². The largest absolute Gasteiger partial charge is 0.514 e. The fraction of sp³-hybridized carbons (Fsp3) is 0.536. The minimum absolute atomic E-state index is 0.0973. The van der Waals surface area contributed by atoms with Crippen molar-refractivity contribution in [3.63, 3.8) is 0 Å². The van der Waals surface area contributed by atoms with Crippen LogP contribution in [0, 0.1) is 12.8 Å². The summed E-state index contributed by atoms with van der Waals surface area (Å²) in [5, 5.41) is 0. The van der Waals surface area contributed by atoms with Crippen LogP contribution in [0.25, 0.3) is 11.3 Å². The molecule has 1 aromatic carbocycles. The number of unbranched alkanes of at least 4 members (excludes halogenated alkanes) is 1. The van der Waals surface area contributed by atoms with E-state index in [2.05, 4.69) is 11.9 Å². The van der Waals surface area contributed by atoms with E-state index in [1.54, 1.807) is 20.8 Å². The van der Waals surface area contributed by atoms with Gasteiger partial charge in [0.15, 0.2) is 11.3 Å². The molecular formula is C28H37NO7. The van der Waals surface area contributed by atoms with Crippen molar-refractivity contribution in [2.45, 2.75) is 79.2 Å². The maximum atomic E-state index is 13.2. The third-order valence-electron chi connectivity index (χ3n) is 6.21. The highest BCUT2D eigenvalue weighted by molar-refractivity contribution is 5.95. The lowest BCUT2D eigenvalue weighted by Crippen LogP contribution is -2.31. The van der Waals surface area contributed by atoms with Crippen molar-refractivity contribution in [1.29, 1.82) is 0 Å². The molecule has 1 heterocycles. The van der Waals surface area contributed by atoms with E-state index >= 15 is 0 Å². The molecule has 0 bridgehead atoms. The number of hydrogen-bond donors (Lipinski definition) is 1. The van der Waals surface area contributed by atoms with Crippen LogP contribution < -0.4 is 15.0 Å². The molecule has 0 saturated heterocycles. The molecule has 1 atom stereocenters. The summed E-state index contributed by atoms with van der Waals surface area (Å²) in [6.07, 6.45) is 1.62. The summed E-state index contributed by atoms with van der Waals surface area (Å²) in [6.45, 7) is 13.9. The molecule has 196 valence electrons. The number of aromatic nitrogens is 1. The molecule has 36 heavy (non-hydrogen) atoms. The third-order valence-corrected chi connectivity index (χ3v) is 6.21. The minimum atomic E-state index is -0.996. The Labute approximate surface area is 212 Å². The fourth-order valence-corrected chi connectivity index (χ4v) is 4.43. The van der Waals surface area contributed by atoms with Crippen molar-refractivity contribution in [1.82, 2.24) is 4.98 Å². The Balaban J connectivity index is 2.26. The zero-order chi connectivity index (χ0) is 26.8. The molecule has 1 aromatic heterocycles. The normalized spacial score (nSPS) is 14.6. The van der Waals surface area contributed by atoms with Gasteiger partial charge in [0.25, 0.3) is 5.56 Å². The van der Waals surface area contributed by atoms with E-state index in [0.29, 0.717) is 24.3 Å². The average Bonchev–Trinajstić information content (AvgIpc) is 2.77. The summed E-state index contributed by atoms with van der Waals surface area (Å²) in [5.41, 5.74) is 1.98. The number of benzene rings is 1. The standard InChI is InChI=1S/C28H37NO7/c1-9-10-11-34-20-14-17-13-18(15(2)3)21-23(19(17)12-16(20)4)29-25(30)22(26(31)33-8)24(21)35-27(32)36-28(5,6)7/h12,14-15,18H,9-11,13H2,1-8H3,(H,29,30). The smallest absolute Gasteiger partial charge is 0.493 e. The van der Waals surface area contributed by atoms with Gasteiger partial charge in [-0.05, 0) is 75.6 Å². The number of rotatable bonds is 7.